The van der Waals surface area contributed by atoms with Gasteiger partial charge in [0, 0.05) is 24.3 Å². The molecular formula is C38H63N5O21S. The van der Waals surface area contributed by atoms with Crippen LogP contribution in [0, 0.1) is 0 Å². The van der Waals surface area contributed by atoms with Crippen molar-refractivity contribution in [2.24, 2.45) is 0 Å². The lowest BCUT2D eigenvalue weighted by molar-refractivity contribution is -0.386. The molecule has 0 aromatic carbocycles. The number of ether oxygens (including phenoxy) is 7. The molecule has 15 N–H and O–H groups in total. The van der Waals surface area contributed by atoms with Gasteiger partial charge in [-0.15, -0.1) is 0 Å². The number of unbranched alkanes of at least 4 members (excludes halogenated alkanes) is 1. The van der Waals surface area contributed by atoms with Gasteiger partial charge in [0.2, 0.25) is 17.7 Å². The van der Waals surface area contributed by atoms with Gasteiger partial charge in [0.05, 0.1) is 44.1 Å². The molecule has 0 aromatic heterocycles. The lowest BCUT2D eigenvalue weighted by atomic mass is 9.93. The SMILES string of the molecule is CC(=O)NC1C(NC(=O)CNC(=O)CCCC[C@@H]2SC[C@@H]3NC(=O)N[C@@H]32)OC(CO)C(OC2OC(CO)C(O)C(O)C2OC2OC(C)C(O)C(O)C2O)C1OC1OC(C)C(O)C(O)C1O. The Hall–Kier alpha value is -2.65. The molecule has 372 valence electrons. The smallest absolute Gasteiger partial charge is 0.315 e. The molecule has 23 atom stereocenters. The molecule has 27 heteroatoms. The first-order chi connectivity index (χ1) is 30.8. The third-order valence-electron chi connectivity index (χ3n) is 12.4. The number of amides is 5. The summed E-state index contributed by atoms with van der Waals surface area (Å²) in [6.07, 6.45) is -30.2. The lowest BCUT2D eigenvalue weighted by Crippen LogP contribution is -2.72. The molecule has 6 fully saturated rings. The van der Waals surface area contributed by atoms with E-state index in [9.17, 15) is 70.2 Å². The van der Waals surface area contributed by atoms with Crippen LogP contribution in [0.3, 0.4) is 0 Å². The van der Waals surface area contributed by atoms with Crippen molar-refractivity contribution in [1.29, 1.82) is 0 Å². The molecule has 6 heterocycles. The monoisotopic (exact) mass is 957 g/mol. The van der Waals surface area contributed by atoms with E-state index in [1.54, 1.807) is 11.8 Å². The van der Waals surface area contributed by atoms with Crippen LogP contribution >= 0.6 is 11.8 Å². The first-order valence-electron chi connectivity index (χ1n) is 21.6. The molecule has 0 aliphatic carbocycles. The quantitative estimate of drug-likeness (QED) is 0.0476. The number of hydrogen-bond donors (Lipinski definition) is 15. The molecule has 0 bridgehead atoms. The summed E-state index contributed by atoms with van der Waals surface area (Å²) in [6, 6.07) is -1.65. The van der Waals surface area contributed by atoms with Gasteiger partial charge in [0.25, 0.3) is 0 Å². The number of nitrogens with one attached hydrogen (secondary N) is 5. The van der Waals surface area contributed by atoms with Crippen LogP contribution in [0.5, 0.6) is 0 Å². The summed E-state index contributed by atoms with van der Waals surface area (Å²) in [7, 11) is 0. The van der Waals surface area contributed by atoms with E-state index in [2.05, 4.69) is 26.6 Å². The molecule has 6 aliphatic rings. The van der Waals surface area contributed by atoms with Gasteiger partial charge in [-0.2, -0.15) is 11.8 Å². The molecule has 0 radical (unpaired) electrons. The van der Waals surface area contributed by atoms with Gasteiger partial charge in [-0.1, -0.05) is 6.42 Å². The molecule has 6 rings (SSSR count). The van der Waals surface area contributed by atoms with Crippen LogP contribution in [0.1, 0.15) is 46.5 Å². The first kappa shape index (κ1) is 51.7. The normalized spacial score (nSPS) is 45.2. The van der Waals surface area contributed by atoms with Crippen LogP contribution in [0.2, 0.25) is 0 Å². The minimum Gasteiger partial charge on any atom is -0.394 e. The summed E-state index contributed by atoms with van der Waals surface area (Å²) in [5, 5.41) is 120. The second kappa shape index (κ2) is 22.6. The second-order valence-corrected chi connectivity index (χ2v) is 18.4. The fraction of sp³-hybridized carbons (Fsp3) is 0.895. The van der Waals surface area contributed by atoms with Crippen LogP contribution in [0.25, 0.3) is 0 Å². The van der Waals surface area contributed by atoms with Crippen molar-refractivity contribution in [3.05, 3.63) is 0 Å². The van der Waals surface area contributed by atoms with E-state index >= 15 is 0 Å². The van der Waals surface area contributed by atoms with Crippen molar-refractivity contribution in [3.8, 4) is 0 Å². The molecule has 6 aliphatic heterocycles. The lowest BCUT2D eigenvalue weighted by Gasteiger charge is -2.51. The Labute approximate surface area is 376 Å². The number of carbonyl (C=O) groups excluding carboxylic acids is 4. The highest BCUT2D eigenvalue weighted by molar-refractivity contribution is 8.00. The zero-order valence-corrected chi connectivity index (χ0v) is 36.6. The average molecular weight is 958 g/mol. The Morgan fingerprint density at radius 1 is 0.677 bits per heavy atom. The number of hydrogen-bond acceptors (Lipinski definition) is 22. The third-order valence-corrected chi connectivity index (χ3v) is 13.9. The standard InChI is InChI=1S/C38H63N5O21S/c1-12-23(49)26(52)29(55)35(58-12)63-32-22(40-14(3)46)34(42-20(48)8-39-19(47)7-5-4-6-18-21-15(11-65-18)41-38(57)43-21)60-17(10-45)31(32)62-37-33(28(54)25(51)16(9-44)61-37)64-36-30(56)27(53)24(50)13(2)59-36/h12-13,15-18,21-37,44-45,49-56H,4-11H2,1-3H3,(H,39,47)(H,40,46)(H,42,48)(H2,41,43,57)/t12?,13?,15-,16?,17?,18-,21-,22?,23?,24?,25?,26?,27?,28?,29?,30?,31?,32?,33?,34?,35?,36?,37?/m0/s1. The van der Waals surface area contributed by atoms with E-state index in [0.717, 1.165) is 19.1 Å². The van der Waals surface area contributed by atoms with E-state index in [0.29, 0.717) is 12.8 Å². The maximum absolute atomic E-state index is 13.4. The Kier molecular flexibility index (Phi) is 18.0. The Balaban J connectivity index is 1.19. The van der Waals surface area contributed by atoms with Crippen molar-refractivity contribution in [2.45, 2.75) is 186 Å². The summed E-state index contributed by atoms with van der Waals surface area (Å²) in [5.74, 6) is -1.21. The summed E-state index contributed by atoms with van der Waals surface area (Å²) in [6.45, 7) is 1.43. The van der Waals surface area contributed by atoms with E-state index in [1.807, 2.05) is 0 Å². The summed E-state index contributed by atoms with van der Waals surface area (Å²) >= 11 is 1.75. The van der Waals surface area contributed by atoms with E-state index < -0.39 is 160 Å². The first-order valence-corrected chi connectivity index (χ1v) is 22.6. The van der Waals surface area contributed by atoms with Crippen LogP contribution in [-0.4, -0.2) is 240 Å². The molecule has 26 nitrogen and oxygen atoms in total. The molecular weight excluding hydrogens is 894 g/mol. The molecule has 6 saturated heterocycles. The molecule has 0 aromatic rings. The Morgan fingerprint density at radius 2 is 1.28 bits per heavy atom. The molecule has 5 amide bonds. The van der Waals surface area contributed by atoms with Gasteiger partial charge in [-0.05, 0) is 26.7 Å². The van der Waals surface area contributed by atoms with Crippen LogP contribution in [0.4, 0.5) is 4.79 Å². The Bertz CT molecular complexity index is 1630. The van der Waals surface area contributed by atoms with Crippen molar-refractivity contribution in [1.82, 2.24) is 26.6 Å². The maximum atomic E-state index is 13.4. The number of aliphatic hydroxyl groups is 10. The second-order valence-electron chi connectivity index (χ2n) is 17.1. The zero-order valence-electron chi connectivity index (χ0n) is 35.8. The number of fused-ring (bicyclic) bond motifs is 1. The number of aliphatic hydroxyl groups excluding tert-OH is 10. The van der Waals surface area contributed by atoms with Crippen molar-refractivity contribution < 1.29 is 103 Å². The summed E-state index contributed by atoms with van der Waals surface area (Å²) in [4.78, 5) is 50.7. The highest BCUT2D eigenvalue weighted by Crippen LogP contribution is 2.36. The molecule has 65 heavy (non-hydrogen) atoms. The fourth-order valence-corrected chi connectivity index (χ4v) is 10.3. The van der Waals surface area contributed by atoms with Crippen LogP contribution in [0.15, 0.2) is 0 Å². The van der Waals surface area contributed by atoms with Crippen LogP contribution in [-0.2, 0) is 47.5 Å². The average Bonchev–Trinajstić information content (AvgIpc) is 3.83. The summed E-state index contributed by atoms with van der Waals surface area (Å²) < 4.78 is 41.4. The van der Waals surface area contributed by atoms with Crippen molar-refractivity contribution in [3.63, 3.8) is 0 Å². The fourth-order valence-electron chi connectivity index (χ4n) is 8.71. The van der Waals surface area contributed by atoms with E-state index in [1.165, 1.54) is 13.8 Å². The molecule has 0 saturated carbocycles. The zero-order chi connectivity index (χ0) is 47.4. The van der Waals surface area contributed by atoms with Gasteiger partial charge in [-0.25, -0.2) is 4.79 Å². The molecule has 0 spiro atoms. The van der Waals surface area contributed by atoms with E-state index in [-0.39, 0.29) is 29.8 Å². The largest absolute Gasteiger partial charge is 0.394 e. The minimum absolute atomic E-state index is 0.0220. The van der Waals surface area contributed by atoms with Crippen molar-refractivity contribution in [2.75, 3.05) is 25.5 Å². The van der Waals surface area contributed by atoms with Gasteiger partial charge in [-0.3, -0.25) is 14.4 Å². The maximum Gasteiger partial charge on any atom is 0.315 e. The minimum atomic E-state index is -1.99. The number of thioether (sulfide) groups is 1. The highest BCUT2D eigenvalue weighted by atomic mass is 32.2. The molecule has 20 unspecified atom stereocenters. The van der Waals surface area contributed by atoms with Gasteiger partial charge < -0.3 is 111 Å². The van der Waals surface area contributed by atoms with Crippen molar-refractivity contribution >= 4 is 35.5 Å². The summed E-state index contributed by atoms with van der Waals surface area (Å²) in [5.41, 5.74) is 0. The van der Waals surface area contributed by atoms with Gasteiger partial charge in [0.1, 0.15) is 85.4 Å². The van der Waals surface area contributed by atoms with Crippen LogP contribution < -0.4 is 26.6 Å². The predicted molar refractivity (Wildman–Crippen MR) is 216 cm³/mol. The van der Waals surface area contributed by atoms with Gasteiger partial charge in [0.15, 0.2) is 25.1 Å². The van der Waals surface area contributed by atoms with E-state index in [4.69, 9.17) is 33.2 Å². The predicted octanol–water partition coefficient (Wildman–Crippen LogP) is -7.58. The number of rotatable bonds is 17. The highest BCUT2D eigenvalue weighted by Gasteiger charge is 2.56. The van der Waals surface area contributed by atoms with Gasteiger partial charge >= 0.3 is 6.03 Å². The Morgan fingerprint density at radius 3 is 1.88 bits per heavy atom. The number of urea groups is 1. The number of carbonyl (C=O) groups is 4. The third kappa shape index (κ3) is 12.0. The topological polar surface area (TPSA) is 395 Å².